The SMILES string of the molecule is COc1ccc(NC(=O)n2nc(N)c3ccccc32)c(OC)c1. The zero-order valence-corrected chi connectivity index (χ0v) is 12.7. The van der Waals surface area contributed by atoms with Crippen LogP contribution in [0.4, 0.5) is 16.3 Å². The number of hydrogen-bond acceptors (Lipinski definition) is 5. The summed E-state index contributed by atoms with van der Waals surface area (Å²) in [6, 6.07) is 11.9. The Kier molecular flexibility index (Phi) is 3.76. The molecule has 0 saturated heterocycles. The highest BCUT2D eigenvalue weighted by Gasteiger charge is 2.15. The first kappa shape index (κ1) is 14.7. The summed E-state index contributed by atoms with van der Waals surface area (Å²) in [4.78, 5) is 12.5. The van der Waals surface area contributed by atoms with Crippen LogP contribution in [0.1, 0.15) is 0 Å². The Balaban J connectivity index is 1.95. The molecule has 0 fully saturated rings. The number of carbonyl (C=O) groups excluding carboxylic acids is 1. The molecule has 3 aromatic rings. The first-order chi connectivity index (χ1) is 11.1. The van der Waals surface area contributed by atoms with Crippen LogP contribution in [0.25, 0.3) is 10.9 Å². The number of nitrogens with two attached hydrogens (primary N) is 1. The number of nitrogens with one attached hydrogen (secondary N) is 1. The number of benzene rings is 2. The van der Waals surface area contributed by atoms with Crippen LogP contribution in [0.5, 0.6) is 11.5 Å². The quantitative estimate of drug-likeness (QED) is 0.776. The predicted octanol–water partition coefficient (Wildman–Crippen LogP) is 2.72. The largest absolute Gasteiger partial charge is 0.497 e. The van der Waals surface area contributed by atoms with Crippen molar-refractivity contribution in [2.24, 2.45) is 0 Å². The third kappa shape index (κ3) is 2.64. The fourth-order valence-corrected chi connectivity index (χ4v) is 2.32. The number of aromatic nitrogens is 2. The topological polar surface area (TPSA) is 91.4 Å². The van der Waals surface area contributed by atoms with Gasteiger partial charge in [-0.25, -0.2) is 4.79 Å². The monoisotopic (exact) mass is 312 g/mol. The molecule has 0 atom stereocenters. The lowest BCUT2D eigenvalue weighted by Gasteiger charge is -2.11. The van der Waals surface area contributed by atoms with E-state index in [-0.39, 0.29) is 0 Å². The van der Waals surface area contributed by atoms with E-state index < -0.39 is 6.03 Å². The zero-order valence-electron chi connectivity index (χ0n) is 12.7. The average molecular weight is 312 g/mol. The highest BCUT2D eigenvalue weighted by atomic mass is 16.5. The van der Waals surface area contributed by atoms with Crippen molar-refractivity contribution in [3.8, 4) is 11.5 Å². The minimum Gasteiger partial charge on any atom is -0.497 e. The second-order valence-electron chi connectivity index (χ2n) is 4.81. The van der Waals surface area contributed by atoms with E-state index in [0.29, 0.717) is 28.5 Å². The van der Waals surface area contributed by atoms with Crippen molar-refractivity contribution in [3.63, 3.8) is 0 Å². The predicted molar refractivity (Wildman–Crippen MR) is 88.1 cm³/mol. The van der Waals surface area contributed by atoms with Gasteiger partial charge in [0.1, 0.15) is 11.5 Å². The molecule has 0 aliphatic rings. The Morgan fingerprint density at radius 3 is 2.70 bits per heavy atom. The lowest BCUT2D eigenvalue weighted by atomic mass is 10.2. The Hall–Kier alpha value is -3.22. The van der Waals surface area contributed by atoms with E-state index in [4.69, 9.17) is 15.2 Å². The van der Waals surface area contributed by atoms with Crippen LogP contribution in [0.2, 0.25) is 0 Å². The van der Waals surface area contributed by atoms with Crippen molar-refractivity contribution >= 4 is 28.4 Å². The molecule has 118 valence electrons. The second kappa shape index (κ2) is 5.88. The number of carbonyl (C=O) groups is 1. The minimum absolute atomic E-state index is 0.303. The fraction of sp³-hybridized carbons (Fsp3) is 0.125. The molecule has 1 amide bonds. The normalized spacial score (nSPS) is 10.5. The maximum Gasteiger partial charge on any atom is 0.347 e. The van der Waals surface area contributed by atoms with Crippen LogP contribution in [0.15, 0.2) is 42.5 Å². The van der Waals surface area contributed by atoms with Gasteiger partial charge in [0.25, 0.3) is 0 Å². The summed E-state index contributed by atoms with van der Waals surface area (Å²) in [5.41, 5.74) is 6.99. The van der Waals surface area contributed by atoms with Crippen LogP contribution in [0, 0.1) is 0 Å². The van der Waals surface area contributed by atoms with E-state index in [9.17, 15) is 4.79 Å². The third-order valence-electron chi connectivity index (χ3n) is 3.46. The molecule has 0 aliphatic carbocycles. The number of methoxy groups -OCH3 is 2. The first-order valence-corrected chi connectivity index (χ1v) is 6.90. The van der Waals surface area contributed by atoms with Crippen molar-refractivity contribution in [3.05, 3.63) is 42.5 Å². The lowest BCUT2D eigenvalue weighted by Crippen LogP contribution is -2.21. The van der Waals surface area contributed by atoms with Gasteiger partial charge in [0.2, 0.25) is 0 Å². The number of hydrogen-bond donors (Lipinski definition) is 2. The summed E-state index contributed by atoms with van der Waals surface area (Å²) >= 11 is 0. The van der Waals surface area contributed by atoms with E-state index in [2.05, 4.69) is 10.4 Å². The third-order valence-corrected chi connectivity index (χ3v) is 3.46. The van der Waals surface area contributed by atoms with Crippen molar-refractivity contribution in [2.75, 3.05) is 25.3 Å². The number of amides is 1. The van der Waals surface area contributed by atoms with Crippen molar-refractivity contribution in [1.82, 2.24) is 9.78 Å². The van der Waals surface area contributed by atoms with Gasteiger partial charge in [0.05, 0.1) is 25.4 Å². The van der Waals surface area contributed by atoms with Crippen molar-refractivity contribution < 1.29 is 14.3 Å². The standard InChI is InChI=1S/C16H16N4O3/c1-22-10-7-8-12(14(9-10)23-2)18-16(21)20-13-6-4-3-5-11(13)15(17)19-20/h3-9H,1-2H3,(H2,17,19)(H,18,21). The summed E-state index contributed by atoms with van der Waals surface area (Å²) in [6.45, 7) is 0. The smallest absolute Gasteiger partial charge is 0.347 e. The maximum absolute atomic E-state index is 12.5. The molecule has 1 heterocycles. The van der Waals surface area contributed by atoms with Gasteiger partial charge >= 0.3 is 6.03 Å². The van der Waals surface area contributed by atoms with Crippen LogP contribution in [-0.2, 0) is 0 Å². The maximum atomic E-state index is 12.5. The summed E-state index contributed by atoms with van der Waals surface area (Å²) in [5, 5.41) is 7.58. The van der Waals surface area contributed by atoms with Gasteiger partial charge in [-0.15, -0.1) is 5.10 Å². The molecule has 0 saturated carbocycles. The zero-order chi connectivity index (χ0) is 16.4. The molecule has 0 unspecified atom stereocenters. The summed E-state index contributed by atoms with van der Waals surface area (Å²) < 4.78 is 11.6. The van der Waals surface area contributed by atoms with E-state index in [1.807, 2.05) is 18.2 Å². The Bertz CT molecular complexity index is 873. The fourth-order valence-electron chi connectivity index (χ4n) is 2.32. The molecule has 7 heteroatoms. The Morgan fingerprint density at radius 1 is 1.17 bits per heavy atom. The number of para-hydroxylation sites is 1. The number of nitrogens with zero attached hydrogens (tertiary/aromatic N) is 2. The van der Waals surface area contributed by atoms with Gasteiger partial charge in [0, 0.05) is 11.5 Å². The molecule has 0 aliphatic heterocycles. The highest BCUT2D eigenvalue weighted by Crippen LogP contribution is 2.29. The van der Waals surface area contributed by atoms with Crippen LogP contribution >= 0.6 is 0 Å². The summed E-state index contributed by atoms with van der Waals surface area (Å²) in [5.74, 6) is 1.42. The first-order valence-electron chi connectivity index (χ1n) is 6.90. The Labute approximate surface area is 132 Å². The lowest BCUT2D eigenvalue weighted by molar-refractivity contribution is 0.251. The molecule has 0 spiro atoms. The van der Waals surface area contributed by atoms with Crippen molar-refractivity contribution in [1.29, 1.82) is 0 Å². The molecule has 2 aromatic carbocycles. The molecule has 3 N–H and O–H groups in total. The number of fused-ring (bicyclic) bond motifs is 1. The highest BCUT2D eigenvalue weighted by molar-refractivity contribution is 6.01. The van der Waals surface area contributed by atoms with Crippen molar-refractivity contribution in [2.45, 2.75) is 0 Å². The van der Waals surface area contributed by atoms with Gasteiger partial charge in [-0.3, -0.25) is 0 Å². The summed E-state index contributed by atoms with van der Waals surface area (Å²) in [6.07, 6.45) is 0. The van der Waals surface area contributed by atoms with Gasteiger partial charge in [-0.2, -0.15) is 4.68 Å². The van der Waals surface area contributed by atoms with Crippen LogP contribution < -0.4 is 20.5 Å². The molecule has 7 nitrogen and oxygen atoms in total. The number of nitrogen functional groups attached to an aromatic ring is 1. The minimum atomic E-state index is -0.429. The molecule has 3 rings (SSSR count). The van der Waals surface area contributed by atoms with Crippen LogP contribution in [-0.4, -0.2) is 30.0 Å². The summed E-state index contributed by atoms with van der Waals surface area (Å²) in [7, 11) is 3.08. The molecule has 0 radical (unpaired) electrons. The molecule has 0 bridgehead atoms. The molecule has 1 aromatic heterocycles. The average Bonchev–Trinajstić information content (AvgIpc) is 2.92. The van der Waals surface area contributed by atoms with E-state index in [0.717, 1.165) is 5.39 Å². The number of ether oxygens (including phenoxy) is 2. The number of anilines is 2. The molecular weight excluding hydrogens is 296 g/mol. The van der Waals surface area contributed by atoms with Crippen LogP contribution in [0.3, 0.4) is 0 Å². The van der Waals surface area contributed by atoms with E-state index >= 15 is 0 Å². The van der Waals surface area contributed by atoms with E-state index in [1.54, 1.807) is 31.4 Å². The second-order valence-corrected chi connectivity index (χ2v) is 4.81. The Morgan fingerprint density at radius 2 is 1.96 bits per heavy atom. The molecular formula is C16H16N4O3. The van der Waals surface area contributed by atoms with Gasteiger partial charge in [-0.05, 0) is 24.3 Å². The molecule has 23 heavy (non-hydrogen) atoms. The number of rotatable bonds is 3. The van der Waals surface area contributed by atoms with Gasteiger partial charge < -0.3 is 20.5 Å². The van der Waals surface area contributed by atoms with Gasteiger partial charge in [-0.1, -0.05) is 12.1 Å². The van der Waals surface area contributed by atoms with E-state index in [1.165, 1.54) is 11.8 Å². The van der Waals surface area contributed by atoms with Gasteiger partial charge in [0.15, 0.2) is 5.82 Å².